The number of carbonyl (C=O) groups is 2. The van der Waals surface area contributed by atoms with E-state index in [9.17, 15) is 14.0 Å². The maximum Gasteiger partial charge on any atom is 0.321 e. The second kappa shape index (κ2) is 10.0. The largest absolute Gasteiger partial charge is 0.467 e. The van der Waals surface area contributed by atoms with Crippen molar-refractivity contribution >= 4 is 11.9 Å². The van der Waals surface area contributed by atoms with E-state index in [-0.39, 0.29) is 24.8 Å². The van der Waals surface area contributed by atoms with Crippen LogP contribution >= 0.6 is 0 Å². The number of hydrogen-bond acceptors (Lipinski definition) is 3. The first kappa shape index (κ1) is 20.1. The molecule has 1 atom stereocenters. The normalized spacial score (nSPS) is 15.8. The van der Waals surface area contributed by atoms with E-state index in [4.69, 9.17) is 4.42 Å². The number of hydrogen-bond donors (Lipinski definition) is 3. The molecule has 0 saturated heterocycles. The van der Waals surface area contributed by atoms with Crippen LogP contribution < -0.4 is 15.5 Å². The third-order valence-electron chi connectivity index (χ3n) is 5.17. The summed E-state index contributed by atoms with van der Waals surface area (Å²) >= 11 is 0. The molecule has 0 bridgehead atoms. The van der Waals surface area contributed by atoms with Gasteiger partial charge in [0.05, 0.1) is 18.8 Å². The zero-order valence-electron chi connectivity index (χ0n) is 15.9. The van der Waals surface area contributed by atoms with Crippen molar-refractivity contribution in [2.45, 2.75) is 51.2 Å². The predicted molar refractivity (Wildman–Crippen MR) is 102 cm³/mol. The summed E-state index contributed by atoms with van der Waals surface area (Å²) in [6.07, 6.45) is 7.19. The number of urea groups is 1. The van der Waals surface area contributed by atoms with E-state index in [0.717, 1.165) is 36.1 Å². The average Bonchev–Trinajstić information content (AvgIpc) is 3.22. The second-order valence-corrected chi connectivity index (χ2v) is 7.28. The van der Waals surface area contributed by atoms with Gasteiger partial charge in [0, 0.05) is 5.56 Å². The molecule has 1 fully saturated rings. The van der Waals surface area contributed by atoms with E-state index >= 15 is 0 Å². The molecular weight excluding hydrogens is 361 g/mol. The minimum absolute atomic E-state index is 0.205. The van der Waals surface area contributed by atoms with E-state index in [2.05, 4.69) is 10.6 Å². The summed E-state index contributed by atoms with van der Waals surface area (Å²) in [6, 6.07) is 9.71. The molecule has 1 aliphatic carbocycles. The summed E-state index contributed by atoms with van der Waals surface area (Å²) in [4.78, 5) is 25.5. The number of halogens is 1. The van der Waals surface area contributed by atoms with Gasteiger partial charge in [-0.2, -0.15) is 0 Å². The maximum absolute atomic E-state index is 13.2. The van der Waals surface area contributed by atoms with Crippen molar-refractivity contribution in [1.82, 2.24) is 10.6 Å². The quantitative estimate of drug-likeness (QED) is 0.680. The van der Waals surface area contributed by atoms with Gasteiger partial charge >= 0.3 is 6.03 Å². The highest BCUT2D eigenvalue weighted by atomic mass is 19.1. The number of furan rings is 1. The van der Waals surface area contributed by atoms with Crippen LogP contribution in [0.25, 0.3) is 0 Å². The third kappa shape index (κ3) is 6.20. The van der Waals surface area contributed by atoms with Crippen LogP contribution in [0.3, 0.4) is 0 Å². The molecule has 3 amide bonds. The summed E-state index contributed by atoms with van der Waals surface area (Å²) in [6.45, 7) is 1.06. The van der Waals surface area contributed by atoms with Crippen LogP contribution in [0.15, 0.2) is 47.1 Å². The molecule has 1 aromatic heterocycles. The lowest BCUT2D eigenvalue weighted by atomic mass is 9.93. The van der Waals surface area contributed by atoms with Crippen molar-refractivity contribution in [2.24, 2.45) is 0 Å². The molecule has 6 nitrogen and oxygen atoms in total. The number of benzene rings is 1. The van der Waals surface area contributed by atoms with Gasteiger partial charge in [-0.1, -0.05) is 18.6 Å². The van der Waals surface area contributed by atoms with E-state index in [1.54, 1.807) is 24.3 Å². The Balaban J connectivity index is 1.55. The van der Waals surface area contributed by atoms with E-state index in [1.807, 2.05) is 0 Å². The van der Waals surface area contributed by atoms with Crippen molar-refractivity contribution in [3.63, 3.8) is 0 Å². The fraction of sp³-hybridized carbons (Fsp3) is 0.429. The van der Waals surface area contributed by atoms with E-state index in [1.165, 1.54) is 24.8 Å². The first-order valence-corrected chi connectivity index (χ1v) is 9.79. The first-order valence-electron chi connectivity index (χ1n) is 9.79. The standard InChI is InChI=1S/C21H26FN3O3/c22-17-10-8-16(9-11-17)14-25(18-5-2-1-3-6-18)15-20(26)24-21(27)23-13-19-7-4-12-28-19/h4,7-12,18H,1-3,5-6,13-15H2,(H2,23,24,26,27)/p+1. The van der Waals surface area contributed by atoms with Crippen molar-refractivity contribution in [3.8, 4) is 0 Å². The molecule has 0 aliphatic heterocycles. The topological polar surface area (TPSA) is 75.8 Å². The lowest BCUT2D eigenvalue weighted by Crippen LogP contribution is -3.15. The molecule has 7 heteroatoms. The number of nitrogens with one attached hydrogen (secondary N) is 3. The Labute approximate surface area is 164 Å². The second-order valence-electron chi connectivity index (χ2n) is 7.28. The van der Waals surface area contributed by atoms with Crippen molar-refractivity contribution < 1.29 is 23.3 Å². The van der Waals surface area contributed by atoms with Crippen molar-refractivity contribution in [3.05, 3.63) is 59.8 Å². The predicted octanol–water partition coefficient (Wildman–Crippen LogP) is 2.16. The maximum atomic E-state index is 13.2. The van der Waals surface area contributed by atoms with Gasteiger partial charge in [-0.15, -0.1) is 0 Å². The molecule has 1 saturated carbocycles. The molecule has 1 unspecified atom stereocenters. The van der Waals surface area contributed by atoms with Crippen LogP contribution in [0.2, 0.25) is 0 Å². The monoisotopic (exact) mass is 388 g/mol. The Morgan fingerprint density at radius 3 is 2.54 bits per heavy atom. The number of imide groups is 1. The first-order chi connectivity index (χ1) is 13.6. The molecule has 0 spiro atoms. The average molecular weight is 388 g/mol. The summed E-state index contributed by atoms with van der Waals surface area (Å²) in [5.74, 6) is 0.0296. The number of rotatable bonds is 7. The van der Waals surface area contributed by atoms with Crippen molar-refractivity contribution in [2.75, 3.05) is 6.54 Å². The number of amides is 3. The lowest BCUT2D eigenvalue weighted by molar-refractivity contribution is -0.932. The summed E-state index contributed by atoms with van der Waals surface area (Å²) in [5, 5.41) is 5.00. The minimum Gasteiger partial charge on any atom is -0.467 e. The van der Waals surface area contributed by atoms with Gasteiger partial charge in [0.2, 0.25) is 0 Å². The highest BCUT2D eigenvalue weighted by Crippen LogP contribution is 2.15. The summed E-state index contributed by atoms with van der Waals surface area (Å²) in [7, 11) is 0. The molecule has 3 N–H and O–H groups in total. The third-order valence-corrected chi connectivity index (χ3v) is 5.17. The van der Waals surface area contributed by atoms with Crippen LogP contribution in [-0.2, 0) is 17.9 Å². The van der Waals surface area contributed by atoms with E-state index < -0.39 is 6.03 Å². The minimum atomic E-state index is -0.536. The van der Waals surface area contributed by atoms with Gasteiger partial charge in [0.25, 0.3) is 5.91 Å². The molecule has 1 aliphatic rings. The SMILES string of the molecule is O=C(C[NH+](Cc1ccc(F)cc1)C1CCCCC1)NC(=O)NCc1ccco1. The summed E-state index contributed by atoms with van der Waals surface area (Å²) < 4.78 is 18.3. The Hall–Kier alpha value is -2.67. The van der Waals surface area contributed by atoms with Gasteiger partial charge in [0.15, 0.2) is 6.54 Å². The van der Waals surface area contributed by atoms with Gasteiger partial charge in [-0.25, -0.2) is 9.18 Å². The van der Waals surface area contributed by atoms with Crippen LogP contribution in [0.4, 0.5) is 9.18 Å². The van der Waals surface area contributed by atoms with Gasteiger partial charge in [-0.3, -0.25) is 10.1 Å². The Morgan fingerprint density at radius 2 is 1.86 bits per heavy atom. The number of quaternary nitrogens is 1. The fourth-order valence-electron chi connectivity index (χ4n) is 3.73. The van der Waals surface area contributed by atoms with Gasteiger partial charge < -0.3 is 14.6 Å². The summed E-state index contributed by atoms with van der Waals surface area (Å²) in [5.41, 5.74) is 0.983. The molecular formula is C21H27FN3O3+. The fourth-order valence-corrected chi connectivity index (χ4v) is 3.73. The van der Waals surface area contributed by atoms with Crippen molar-refractivity contribution in [1.29, 1.82) is 0 Å². The molecule has 150 valence electrons. The molecule has 1 aromatic carbocycles. The zero-order chi connectivity index (χ0) is 19.8. The molecule has 1 heterocycles. The van der Waals surface area contributed by atoms with Gasteiger partial charge in [-0.05, 0) is 49.9 Å². The molecule has 0 radical (unpaired) electrons. The zero-order valence-corrected chi connectivity index (χ0v) is 15.9. The van der Waals surface area contributed by atoms with Crippen LogP contribution in [0, 0.1) is 5.82 Å². The molecule has 28 heavy (non-hydrogen) atoms. The van der Waals surface area contributed by atoms with Crippen LogP contribution in [0.1, 0.15) is 43.4 Å². The molecule has 3 rings (SSSR count). The number of carbonyl (C=O) groups excluding carboxylic acids is 2. The highest BCUT2D eigenvalue weighted by molar-refractivity contribution is 5.94. The van der Waals surface area contributed by atoms with Gasteiger partial charge in [0.1, 0.15) is 18.1 Å². The van der Waals surface area contributed by atoms with Crippen LogP contribution in [-0.4, -0.2) is 24.5 Å². The van der Waals surface area contributed by atoms with Crippen LogP contribution in [0.5, 0.6) is 0 Å². The lowest BCUT2D eigenvalue weighted by Gasteiger charge is -2.31. The Kier molecular flexibility index (Phi) is 7.19. The smallest absolute Gasteiger partial charge is 0.321 e. The molecule has 2 aromatic rings. The highest BCUT2D eigenvalue weighted by Gasteiger charge is 2.27. The Morgan fingerprint density at radius 1 is 1.11 bits per heavy atom. The Bertz CT molecular complexity index is 756. The van der Waals surface area contributed by atoms with E-state index in [0.29, 0.717) is 18.3 Å².